The molecule has 1 spiro atoms. The monoisotopic (exact) mass is 1050 g/mol. The van der Waals surface area contributed by atoms with Crippen LogP contribution in [-0.4, -0.2) is 0 Å². The summed E-state index contributed by atoms with van der Waals surface area (Å²) in [6.07, 6.45) is 2.30. The highest BCUT2D eigenvalue weighted by atomic mass is 15.1. The molecule has 1 atom stereocenters. The van der Waals surface area contributed by atoms with E-state index in [1.807, 2.05) is 0 Å². The first-order valence-corrected chi connectivity index (χ1v) is 28.5. The summed E-state index contributed by atoms with van der Waals surface area (Å²) in [7, 11) is 0. The molecular formula is C79H55N3. The molecule has 12 aromatic carbocycles. The van der Waals surface area contributed by atoms with Crippen LogP contribution in [0.5, 0.6) is 0 Å². The normalized spacial score (nSPS) is 15.1. The Labute approximate surface area is 479 Å². The molecule has 0 saturated heterocycles. The Bertz CT molecular complexity index is 4460. The molecule has 0 saturated carbocycles. The summed E-state index contributed by atoms with van der Waals surface area (Å²) in [4.78, 5) is 2.55. The highest BCUT2D eigenvalue weighted by molar-refractivity contribution is 6.06. The van der Waals surface area contributed by atoms with Crippen LogP contribution >= 0.6 is 0 Å². The molecule has 386 valence electrons. The Morgan fingerprint density at radius 1 is 0.366 bits per heavy atom. The van der Waals surface area contributed by atoms with Crippen molar-refractivity contribution in [2.24, 2.45) is 5.73 Å². The van der Waals surface area contributed by atoms with Crippen molar-refractivity contribution in [2.45, 2.75) is 16.9 Å². The van der Waals surface area contributed by atoms with E-state index in [1.165, 1.54) is 77.9 Å². The molecule has 1 heterocycles. The number of rotatable bonds is 9. The predicted octanol–water partition coefficient (Wildman–Crippen LogP) is 18.5. The Balaban J connectivity index is 1.01. The van der Waals surface area contributed by atoms with Crippen molar-refractivity contribution in [3.63, 3.8) is 0 Å². The van der Waals surface area contributed by atoms with Crippen LogP contribution in [0, 0.1) is 0 Å². The van der Waals surface area contributed by atoms with Gasteiger partial charge in [0.05, 0.1) is 28.3 Å². The Morgan fingerprint density at radius 3 is 1.44 bits per heavy atom. The largest absolute Gasteiger partial charge is 0.354 e. The van der Waals surface area contributed by atoms with Crippen molar-refractivity contribution >= 4 is 40.1 Å². The smallest absolute Gasteiger partial charge is 0.0726 e. The molecular weight excluding hydrogens is 991 g/mol. The molecule has 0 aromatic heterocycles. The van der Waals surface area contributed by atoms with Gasteiger partial charge in [0.15, 0.2) is 0 Å². The molecule has 0 fully saturated rings. The van der Waals surface area contributed by atoms with Crippen molar-refractivity contribution in [3.05, 3.63) is 376 Å². The SMILES string of the molecule is NC(/C(=C1\NC(c2ccccc2)=Cc2ccc(N(c3ccc4c(c3)C(c3ccccc3)(c3ccccc3)c3ccccc3-4)c3cccc4c3-c3ccccc3C43c4ccccc4-c4ccccc43)cc21)c1ccccc1)c1ccccc1. The first kappa shape index (κ1) is 47.7. The summed E-state index contributed by atoms with van der Waals surface area (Å²) in [5, 5.41) is 4.06. The second kappa shape index (κ2) is 18.9. The Morgan fingerprint density at radius 2 is 0.829 bits per heavy atom. The minimum absolute atomic E-state index is 0.460. The molecule has 3 nitrogen and oxygen atoms in total. The van der Waals surface area contributed by atoms with E-state index in [9.17, 15) is 0 Å². The number of nitrogens with one attached hydrogen (secondary N) is 1. The van der Waals surface area contributed by atoms with Crippen molar-refractivity contribution < 1.29 is 0 Å². The van der Waals surface area contributed by atoms with Gasteiger partial charge in [-0.15, -0.1) is 0 Å². The van der Waals surface area contributed by atoms with Crippen molar-refractivity contribution in [1.82, 2.24) is 5.32 Å². The summed E-state index contributed by atoms with van der Waals surface area (Å²) in [6, 6.07) is 111. The van der Waals surface area contributed by atoms with E-state index in [2.05, 4.69) is 320 Å². The van der Waals surface area contributed by atoms with Gasteiger partial charge in [-0.2, -0.15) is 0 Å². The fourth-order valence-electron chi connectivity index (χ4n) is 14.6. The first-order chi connectivity index (χ1) is 40.6. The lowest BCUT2D eigenvalue weighted by Gasteiger charge is -2.35. The number of nitrogens with zero attached hydrogens (tertiary/aromatic N) is 1. The van der Waals surface area contributed by atoms with Gasteiger partial charge in [0.1, 0.15) is 0 Å². The standard InChI is InChI=1S/C79H55N3/c80-76(54-29-10-3-11-30-54)74(53-27-8-2-9-28-53)77-65-50-58(46-45-55(65)49-72(81-77)52-25-6-1-7-26-52)82(59-47-48-63-62-37-16-20-39-66(62)78(71(63)51-59,56-31-12-4-13-32-56)57-33-14-5-15-34-57)73-44-24-43-70-75(73)64-38-19-23-42-69(64)79(70)67-40-21-17-35-60(67)61-36-18-22-41-68(61)79/h1-51,76,81H,80H2/b77-74-. The minimum Gasteiger partial charge on any atom is -0.354 e. The Hall–Kier alpha value is -10.3. The third-order valence-corrected chi connectivity index (χ3v) is 18.0. The number of hydrogen-bond acceptors (Lipinski definition) is 3. The lowest BCUT2D eigenvalue weighted by atomic mass is 9.67. The number of anilines is 3. The summed E-state index contributed by atoms with van der Waals surface area (Å²) in [6.45, 7) is 0. The second-order valence-electron chi connectivity index (χ2n) is 22.0. The van der Waals surface area contributed by atoms with Crippen LogP contribution in [0.3, 0.4) is 0 Å². The topological polar surface area (TPSA) is 41.3 Å². The van der Waals surface area contributed by atoms with Crippen LogP contribution in [0.2, 0.25) is 0 Å². The second-order valence-corrected chi connectivity index (χ2v) is 22.0. The van der Waals surface area contributed by atoms with Gasteiger partial charge in [0.2, 0.25) is 0 Å². The highest BCUT2D eigenvalue weighted by Crippen LogP contribution is 2.65. The zero-order valence-corrected chi connectivity index (χ0v) is 45.0. The van der Waals surface area contributed by atoms with Crippen LogP contribution in [0.1, 0.15) is 78.4 Å². The maximum absolute atomic E-state index is 7.64. The molecule has 16 rings (SSSR count). The van der Waals surface area contributed by atoms with Gasteiger partial charge in [-0.25, -0.2) is 0 Å². The average Bonchev–Trinajstić information content (AvgIpc) is 2.27. The molecule has 3 N–H and O–H groups in total. The number of hydrogen-bond donors (Lipinski definition) is 2. The van der Waals surface area contributed by atoms with E-state index in [-0.39, 0.29) is 0 Å². The number of benzene rings is 12. The Kier molecular flexibility index (Phi) is 11.0. The lowest BCUT2D eigenvalue weighted by molar-refractivity contribution is 0.768. The number of fused-ring (bicyclic) bond motifs is 14. The zero-order valence-electron chi connectivity index (χ0n) is 45.0. The molecule has 3 aliphatic carbocycles. The van der Waals surface area contributed by atoms with E-state index in [0.29, 0.717) is 0 Å². The molecule has 0 amide bonds. The highest BCUT2D eigenvalue weighted by Gasteiger charge is 2.53. The fourth-order valence-corrected chi connectivity index (χ4v) is 14.6. The molecule has 3 heteroatoms. The third-order valence-electron chi connectivity index (χ3n) is 18.0. The summed E-state index contributed by atoms with van der Waals surface area (Å²) in [5.41, 5.74) is 35.7. The van der Waals surface area contributed by atoms with Gasteiger partial charge < -0.3 is 16.0 Å². The fraction of sp³-hybridized carbons (Fsp3) is 0.0380. The van der Waals surface area contributed by atoms with Gasteiger partial charge in [-0.1, -0.05) is 273 Å². The average molecular weight is 1050 g/mol. The minimum atomic E-state index is -0.616. The molecule has 4 aliphatic rings. The van der Waals surface area contributed by atoms with Crippen molar-refractivity contribution in [1.29, 1.82) is 0 Å². The predicted molar refractivity (Wildman–Crippen MR) is 339 cm³/mol. The molecule has 0 radical (unpaired) electrons. The molecule has 0 bridgehead atoms. The van der Waals surface area contributed by atoms with E-state index in [0.717, 1.165) is 61.8 Å². The van der Waals surface area contributed by atoms with Crippen LogP contribution in [0.25, 0.3) is 56.4 Å². The van der Waals surface area contributed by atoms with E-state index < -0.39 is 16.9 Å². The van der Waals surface area contributed by atoms with Gasteiger partial charge in [0.25, 0.3) is 0 Å². The van der Waals surface area contributed by atoms with Gasteiger partial charge in [0, 0.05) is 33.8 Å². The van der Waals surface area contributed by atoms with Gasteiger partial charge >= 0.3 is 0 Å². The van der Waals surface area contributed by atoms with E-state index in [4.69, 9.17) is 5.73 Å². The lowest BCUT2D eigenvalue weighted by Crippen LogP contribution is -2.28. The summed E-state index contributed by atoms with van der Waals surface area (Å²) < 4.78 is 0. The van der Waals surface area contributed by atoms with Crippen molar-refractivity contribution in [2.75, 3.05) is 4.90 Å². The summed E-state index contributed by atoms with van der Waals surface area (Å²) in [5.74, 6) is 0. The van der Waals surface area contributed by atoms with Crippen LogP contribution in [-0.2, 0) is 10.8 Å². The van der Waals surface area contributed by atoms with Crippen LogP contribution in [0.15, 0.2) is 303 Å². The van der Waals surface area contributed by atoms with Crippen LogP contribution in [0.4, 0.5) is 17.1 Å². The van der Waals surface area contributed by atoms with Crippen molar-refractivity contribution in [3.8, 4) is 33.4 Å². The first-order valence-electron chi connectivity index (χ1n) is 28.5. The van der Waals surface area contributed by atoms with E-state index in [1.54, 1.807) is 0 Å². The van der Waals surface area contributed by atoms with Crippen LogP contribution < -0.4 is 16.0 Å². The van der Waals surface area contributed by atoms with E-state index >= 15 is 0 Å². The molecule has 1 aliphatic heterocycles. The maximum Gasteiger partial charge on any atom is 0.0726 e. The molecule has 12 aromatic rings. The van der Waals surface area contributed by atoms with Gasteiger partial charge in [-0.05, 0) is 131 Å². The van der Waals surface area contributed by atoms with Gasteiger partial charge in [-0.3, -0.25) is 0 Å². The maximum atomic E-state index is 7.64. The molecule has 82 heavy (non-hydrogen) atoms. The molecule has 1 unspecified atom stereocenters. The quantitative estimate of drug-likeness (QED) is 0.151. The third kappa shape index (κ3) is 6.94. The summed E-state index contributed by atoms with van der Waals surface area (Å²) >= 11 is 0. The zero-order chi connectivity index (χ0) is 54.4. The number of nitrogens with two attached hydrogens (primary N) is 1.